The fraction of sp³-hybridized carbons (Fsp3) is 0.533. The standard InChI is InChI=1S/C15H22ClN3O/c1-10-6-5-9-17-13(10)15(20)18-12-8-4-7-11(16)14(12)19(2)3/h4,7-8,10,13,17H,5-6,9H2,1-3H3,(H,18,20). The highest BCUT2D eigenvalue weighted by Gasteiger charge is 2.28. The summed E-state index contributed by atoms with van der Waals surface area (Å²) in [6.07, 6.45) is 2.21. The van der Waals surface area contributed by atoms with Crippen molar-refractivity contribution in [2.24, 2.45) is 5.92 Å². The maximum absolute atomic E-state index is 12.4. The van der Waals surface area contributed by atoms with Crippen LogP contribution in [0.3, 0.4) is 0 Å². The van der Waals surface area contributed by atoms with Crippen molar-refractivity contribution in [2.45, 2.75) is 25.8 Å². The molecule has 2 N–H and O–H groups in total. The Bertz CT molecular complexity index is 490. The zero-order valence-corrected chi connectivity index (χ0v) is 13.0. The molecule has 0 radical (unpaired) electrons. The van der Waals surface area contributed by atoms with Gasteiger partial charge in [-0.2, -0.15) is 0 Å². The van der Waals surface area contributed by atoms with Crippen molar-refractivity contribution in [3.63, 3.8) is 0 Å². The third kappa shape index (κ3) is 3.25. The summed E-state index contributed by atoms with van der Waals surface area (Å²) in [5.74, 6) is 0.369. The van der Waals surface area contributed by atoms with E-state index < -0.39 is 0 Å². The van der Waals surface area contributed by atoms with Gasteiger partial charge in [0, 0.05) is 14.1 Å². The van der Waals surface area contributed by atoms with Crippen LogP contribution in [0.1, 0.15) is 19.8 Å². The van der Waals surface area contributed by atoms with Gasteiger partial charge in [-0.3, -0.25) is 4.79 Å². The second-order valence-corrected chi connectivity index (χ2v) is 5.98. The first-order valence-electron chi connectivity index (χ1n) is 7.00. The van der Waals surface area contributed by atoms with Crippen LogP contribution in [0, 0.1) is 5.92 Å². The van der Waals surface area contributed by atoms with Crippen LogP contribution in [0.15, 0.2) is 18.2 Å². The Hall–Kier alpha value is -1.26. The summed E-state index contributed by atoms with van der Waals surface area (Å²) in [6.45, 7) is 3.01. The number of anilines is 2. The van der Waals surface area contributed by atoms with Gasteiger partial charge in [0.05, 0.1) is 22.4 Å². The highest BCUT2D eigenvalue weighted by atomic mass is 35.5. The minimum absolute atomic E-state index is 0.0163. The van der Waals surface area contributed by atoms with Crippen molar-refractivity contribution >= 4 is 28.9 Å². The Morgan fingerprint density at radius 2 is 2.20 bits per heavy atom. The molecule has 0 aliphatic carbocycles. The fourth-order valence-corrected chi connectivity index (χ4v) is 3.03. The number of piperidine rings is 1. The number of nitrogens with one attached hydrogen (secondary N) is 2. The maximum Gasteiger partial charge on any atom is 0.241 e. The second kappa shape index (κ2) is 6.46. The lowest BCUT2D eigenvalue weighted by molar-refractivity contribution is -0.119. The molecule has 2 atom stereocenters. The topological polar surface area (TPSA) is 44.4 Å². The number of nitrogens with zero attached hydrogens (tertiary/aromatic N) is 1. The molecule has 1 aromatic rings. The van der Waals surface area contributed by atoms with Crippen molar-refractivity contribution in [1.29, 1.82) is 0 Å². The predicted molar refractivity (Wildman–Crippen MR) is 84.6 cm³/mol. The van der Waals surface area contributed by atoms with Gasteiger partial charge in [-0.25, -0.2) is 0 Å². The van der Waals surface area contributed by atoms with Crippen LogP contribution < -0.4 is 15.5 Å². The molecule has 110 valence electrons. The Morgan fingerprint density at radius 3 is 2.85 bits per heavy atom. The normalized spacial score (nSPS) is 22.4. The number of hydrogen-bond acceptors (Lipinski definition) is 3. The van der Waals surface area contributed by atoms with E-state index >= 15 is 0 Å². The van der Waals surface area contributed by atoms with Gasteiger partial charge in [0.1, 0.15) is 0 Å². The van der Waals surface area contributed by atoms with Gasteiger partial charge in [-0.1, -0.05) is 24.6 Å². The highest BCUT2D eigenvalue weighted by Crippen LogP contribution is 2.32. The van der Waals surface area contributed by atoms with Gasteiger partial charge >= 0.3 is 0 Å². The van der Waals surface area contributed by atoms with E-state index in [4.69, 9.17) is 11.6 Å². The molecule has 1 aliphatic heterocycles. The zero-order valence-electron chi connectivity index (χ0n) is 12.2. The summed E-state index contributed by atoms with van der Waals surface area (Å²) in [4.78, 5) is 14.3. The van der Waals surface area contributed by atoms with Crippen LogP contribution in [-0.4, -0.2) is 32.6 Å². The van der Waals surface area contributed by atoms with E-state index in [1.165, 1.54) is 0 Å². The molecule has 1 saturated heterocycles. The van der Waals surface area contributed by atoms with Crippen LogP contribution in [0.5, 0.6) is 0 Å². The number of rotatable bonds is 3. The largest absolute Gasteiger partial charge is 0.375 e. The van der Waals surface area contributed by atoms with Crippen molar-refractivity contribution in [3.8, 4) is 0 Å². The summed E-state index contributed by atoms with van der Waals surface area (Å²) in [5.41, 5.74) is 1.60. The average Bonchev–Trinajstić information content (AvgIpc) is 2.38. The minimum Gasteiger partial charge on any atom is -0.375 e. The SMILES string of the molecule is CC1CCCNC1C(=O)Nc1cccc(Cl)c1N(C)C. The molecule has 1 aliphatic rings. The summed E-state index contributed by atoms with van der Waals surface area (Å²) >= 11 is 6.21. The lowest BCUT2D eigenvalue weighted by Gasteiger charge is -2.29. The van der Waals surface area contributed by atoms with E-state index in [0.717, 1.165) is 30.8 Å². The van der Waals surface area contributed by atoms with E-state index in [-0.39, 0.29) is 11.9 Å². The molecule has 0 aromatic heterocycles. The van der Waals surface area contributed by atoms with E-state index in [0.29, 0.717) is 10.9 Å². The molecule has 20 heavy (non-hydrogen) atoms. The van der Waals surface area contributed by atoms with Gasteiger partial charge in [-0.05, 0) is 37.4 Å². The van der Waals surface area contributed by atoms with Crippen LogP contribution >= 0.6 is 11.6 Å². The van der Waals surface area contributed by atoms with Crippen LogP contribution in [0.25, 0.3) is 0 Å². The number of carbonyl (C=O) groups is 1. The first kappa shape index (κ1) is 15.1. The van der Waals surface area contributed by atoms with Gasteiger partial charge < -0.3 is 15.5 Å². The van der Waals surface area contributed by atoms with Crippen LogP contribution in [-0.2, 0) is 4.79 Å². The van der Waals surface area contributed by atoms with Gasteiger partial charge in [-0.15, -0.1) is 0 Å². The Morgan fingerprint density at radius 1 is 1.45 bits per heavy atom. The number of carbonyl (C=O) groups excluding carboxylic acids is 1. The Kier molecular flexibility index (Phi) is 4.89. The van der Waals surface area contributed by atoms with Crippen molar-refractivity contribution in [2.75, 3.05) is 30.9 Å². The lowest BCUT2D eigenvalue weighted by atomic mass is 9.92. The molecule has 0 bridgehead atoms. The minimum atomic E-state index is -0.127. The van der Waals surface area contributed by atoms with Gasteiger partial charge in [0.25, 0.3) is 0 Å². The molecule has 2 rings (SSSR count). The number of halogens is 1. The molecule has 1 heterocycles. The average molecular weight is 296 g/mol. The first-order chi connectivity index (χ1) is 9.50. The number of amides is 1. The molecule has 0 spiro atoms. The van der Waals surface area contributed by atoms with Crippen molar-refractivity contribution in [3.05, 3.63) is 23.2 Å². The summed E-state index contributed by atoms with van der Waals surface area (Å²) in [5, 5.41) is 6.94. The number of para-hydroxylation sites is 1. The molecule has 1 fully saturated rings. The molecule has 4 nitrogen and oxygen atoms in total. The molecule has 5 heteroatoms. The smallest absolute Gasteiger partial charge is 0.241 e. The van der Waals surface area contributed by atoms with E-state index in [1.54, 1.807) is 0 Å². The maximum atomic E-state index is 12.4. The van der Waals surface area contributed by atoms with E-state index in [9.17, 15) is 4.79 Å². The van der Waals surface area contributed by atoms with Crippen LogP contribution in [0.4, 0.5) is 11.4 Å². The second-order valence-electron chi connectivity index (χ2n) is 5.57. The zero-order chi connectivity index (χ0) is 14.7. The highest BCUT2D eigenvalue weighted by molar-refractivity contribution is 6.34. The molecule has 1 aromatic carbocycles. The summed E-state index contributed by atoms with van der Waals surface area (Å²) < 4.78 is 0. The molecular formula is C15H22ClN3O. The third-order valence-electron chi connectivity index (χ3n) is 3.74. The van der Waals surface area contributed by atoms with E-state index in [2.05, 4.69) is 17.6 Å². The monoisotopic (exact) mass is 295 g/mol. The number of hydrogen-bond donors (Lipinski definition) is 2. The van der Waals surface area contributed by atoms with Crippen molar-refractivity contribution in [1.82, 2.24) is 5.32 Å². The summed E-state index contributed by atoms with van der Waals surface area (Å²) in [6, 6.07) is 5.43. The third-order valence-corrected chi connectivity index (χ3v) is 4.05. The Labute approximate surface area is 125 Å². The first-order valence-corrected chi connectivity index (χ1v) is 7.38. The quantitative estimate of drug-likeness (QED) is 0.901. The van der Waals surface area contributed by atoms with Crippen LogP contribution in [0.2, 0.25) is 5.02 Å². The molecule has 0 saturated carbocycles. The number of benzene rings is 1. The lowest BCUT2D eigenvalue weighted by Crippen LogP contribution is -2.48. The predicted octanol–water partition coefficient (Wildman–Crippen LogP) is 2.73. The molecular weight excluding hydrogens is 274 g/mol. The Balaban J connectivity index is 2.17. The molecule has 2 unspecified atom stereocenters. The van der Waals surface area contributed by atoms with Gasteiger partial charge in [0.15, 0.2) is 0 Å². The van der Waals surface area contributed by atoms with E-state index in [1.807, 2.05) is 37.2 Å². The molecule has 1 amide bonds. The fourth-order valence-electron chi connectivity index (χ4n) is 2.68. The van der Waals surface area contributed by atoms with Gasteiger partial charge in [0.2, 0.25) is 5.91 Å². The van der Waals surface area contributed by atoms with Crippen molar-refractivity contribution < 1.29 is 4.79 Å². The summed E-state index contributed by atoms with van der Waals surface area (Å²) in [7, 11) is 3.83.